The Morgan fingerprint density at radius 1 is 1.00 bits per heavy atom. The fourth-order valence-electron chi connectivity index (χ4n) is 3.85. The molecule has 2 nitrogen and oxygen atoms in total. The summed E-state index contributed by atoms with van der Waals surface area (Å²) in [6.45, 7) is 8.27. The largest absolute Gasteiger partial charge is 0.391 e. The van der Waals surface area contributed by atoms with Crippen LogP contribution >= 0.6 is 0 Å². The molecule has 0 aromatic rings. The highest BCUT2D eigenvalue weighted by Crippen LogP contribution is 2.32. The van der Waals surface area contributed by atoms with Crippen LogP contribution in [0.25, 0.3) is 0 Å². The van der Waals surface area contributed by atoms with Gasteiger partial charge in [0.25, 0.3) is 0 Å². The zero-order valence-electron chi connectivity index (χ0n) is 11.7. The van der Waals surface area contributed by atoms with Crippen LogP contribution in [0.5, 0.6) is 0 Å². The maximum absolute atomic E-state index is 10.3. The Labute approximate surface area is 106 Å². The van der Waals surface area contributed by atoms with Gasteiger partial charge < -0.3 is 5.11 Å². The Balaban J connectivity index is 2.07. The highest BCUT2D eigenvalue weighted by Gasteiger charge is 2.36. The summed E-state index contributed by atoms with van der Waals surface area (Å²) in [4.78, 5) is 2.62. The predicted molar refractivity (Wildman–Crippen MR) is 72.0 cm³/mol. The van der Waals surface area contributed by atoms with Crippen molar-refractivity contribution < 1.29 is 5.11 Å². The van der Waals surface area contributed by atoms with Gasteiger partial charge in [0.05, 0.1) is 6.10 Å². The zero-order valence-corrected chi connectivity index (χ0v) is 11.7. The summed E-state index contributed by atoms with van der Waals surface area (Å²) in [6, 6.07) is 1.07. The van der Waals surface area contributed by atoms with Crippen LogP contribution in [0.2, 0.25) is 0 Å². The van der Waals surface area contributed by atoms with Crippen LogP contribution in [-0.2, 0) is 0 Å². The van der Waals surface area contributed by atoms with Gasteiger partial charge >= 0.3 is 0 Å². The molecule has 1 aliphatic heterocycles. The van der Waals surface area contributed by atoms with E-state index in [9.17, 15) is 5.11 Å². The molecule has 5 unspecified atom stereocenters. The number of aliphatic hydroxyl groups is 1. The first-order chi connectivity index (χ1) is 8.09. The van der Waals surface area contributed by atoms with Gasteiger partial charge in [-0.3, -0.25) is 4.90 Å². The standard InChI is InChI=1S/C15H29NO/c1-11-9-12(2)13(3)16(10-11)14-7-5-4-6-8-15(14)17/h11-15,17H,4-10H2,1-3H3. The van der Waals surface area contributed by atoms with E-state index in [2.05, 4.69) is 25.7 Å². The van der Waals surface area contributed by atoms with E-state index in [1.807, 2.05) is 0 Å². The Kier molecular flexibility index (Phi) is 4.48. The lowest BCUT2D eigenvalue weighted by molar-refractivity contribution is -0.0221. The quantitative estimate of drug-likeness (QED) is 0.711. The molecule has 2 aliphatic rings. The SMILES string of the molecule is CC1CC(C)C(C)N(C2CCCCCC2O)C1. The number of rotatable bonds is 1. The summed E-state index contributed by atoms with van der Waals surface area (Å²) in [5.41, 5.74) is 0. The molecule has 2 rings (SSSR count). The summed E-state index contributed by atoms with van der Waals surface area (Å²) in [7, 11) is 0. The molecule has 100 valence electrons. The third-order valence-corrected chi connectivity index (χ3v) is 5.01. The van der Waals surface area contributed by atoms with Crippen molar-refractivity contribution in [2.45, 2.75) is 77.5 Å². The van der Waals surface area contributed by atoms with Gasteiger partial charge in [0.1, 0.15) is 0 Å². The van der Waals surface area contributed by atoms with Crippen LogP contribution in [0.15, 0.2) is 0 Å². The average Bonchev–Trinajstić information content (AvgIpc) is 2.48. The molecule has 1 N–H and O–H groups in total. The van der Waals surface area contributed by atoms with Crippen LogP contribution in [-0.4, -0.2) is 34.7 Å². The van der Waals surface area contributed by atoms with Gasteiger partial charge in [0.15, 0.2) is 0 Å². The molecule has 0 aromatic heterocycles. The summed E-state index contributed by atoms with van der Waals surface area (Å²) < 4.78 is 0. The molecule has 17 heavy (non-hydrogen) atoms. The van der Waals surface area contributed by atoms with Crippen molar-refractivity contribution in [2.75, 3.05) is 6.54 Å². The Hall–Kier alpha value is -0.0800. The average molecular weight is 239 g/mol. The first-order valence-electron chi connectivity index (χ1n) is 7.53. The molecule has 1 saturated heterocycles. The van der Waals surface area contributed by atoms with Gasteiger partial charge in [0.2, 0.25) is 0 Å². The van der Waals surface area contributed by atoms with Gasteiger partial charge in [-0.05, 0) is 38.0 Å². The van der Waals surface area contributed by atoms with E-state index < -0.39 is 0 Å². The highest BCUT2D eigenvalue weighted by atomic mass is 16.3. The second-order valence-electron chi connectivity index (χ2n) is 6.53. The smallest absolute Gasteiger partial charge is 0.0695 e. The van der Waals surface area contributed by atoms with Crippen molar-refractivity contribution in [3.05, 3.63) is 0 Å². The normalized spacial score (nSPS) is 45.5. The number of hydrogen-bond acceptors (Lipinski definition) is 2. The van der Waals surface area contributed by atoms with Crippen molar-refractivity contribution in [3.8, 4) is 0 Å². The van der Waals surface area contributed by atoms with E-state index in [0.29, 0.717) is 12.1 Å². The van der Waals surface area contributed by atoms with Crippen molar-refractivity contribution in [1.82, 2.24) is 4.90 Å². The minimum atomic E-state index is -0.0857. The molecule has 0 spiro atoms. The number of hydrogen-bond donors (Lipinski definition) is 1. The van der Waals surface area contributed by atoms with Crippen LogP contribution < -0.4 is 0 Å². The summed E-state index contributed by atoms with van der Waals surface area (Å²) in [6.07, 6.45) is 7.29. The van der Waals surface area contributed by atoms with Crippen molar-refractivity contribution in [1.29, 1.82) is 0 Å². The molecule has 2 heteroatoms. The van der Waals surface area contributed by atoms with E-state index in [4.69, 9.17) is 0 Å². The minimum absolute atomic E-state index is 0.0857. The zero-order chi connectivity index (χ0) is 12.4. The number of nitrogens with zero attached hydrogens (tertiary/aromatic N) is 1. The molecule has 1 heterocycles. The van der Waals surface area contributed by atoms with E-state index >= 15 is 0 Å². The Morgan fingerprint density at radius 3 is 2.47 bits per heavy atom. The number of likely N-dealkylation sites (tertiary alicyclic amines) is 1. The van der Waals surface area contributed by atoms with Crippen LogP contribution in [0, 0.1) is 11.8 Å². The van der Waals surface area contributed by atoms with Crippen molar-refractivity contribution >= 4 is 0 Å². The van der Waals surface area contributed by atoms with Gasteiger partial charge in [-0.2, -0.15) is 0 Å². The van der Waals surface area contributed by atoms with E-state index in [1.165, 1.54) is 38.6 Å². The van der Waals surface area contributed by atoms with E-state index in [-0.39, 0.29) is 6.10 Å². The molecular weight excluding hydrogens is 210 g/mol. The van der Waals surface area contributed by atoms with Gasteiger partial charge in [-0.15, -0.1) is 0 Å². The molecular formula is C15H29NO. The monoisotopic (exact) mass is 239 g/mol. The molecule has 0 amide bonds. The summed E-state index contributed by atoms with van der Waals surface area (Å²) >= 11 is 0. The molecule has 0 aromatic carbocycles. The van der Waals surface area contributed by atoms with Crippen molar-refractivity contribution in [3.63, 3.8) is 0 Å². The van der Waals surface area contributed by atoms with Crippen molar-refractivity contribution in [2.24, 2.45) is 11.8 Å². The first-order valence-corrected chi connectivity index (χ1v) is 7.53. The first kappa shape index (κ1) is 13.4. The van der Waals surface area contributed by atoms with E-state index in [0.717, 1.165) is 18.3 Å². The van der Waals surface area contributed by atoms with Crippen LogP contribution in [0.4, 0.5) is 0 Å². The third kappa shape index (κ3) is 3.03. The van der Waals surface area contributed by atoms with Gasteiger partial charge in [-0.25, -0.2) is 0 Å². The highest BCUT2D eigenvalue weighted by molar-refractivity contribution is 4.90. The Morgan fingerprint density at radius 2 is 1.71 bits per heavy atom. The lowest BCUT2D eigenvalue weighted by Crippen LogP contribution is -2.54. The molecule has 2 fully saturated rings. The van der Waals surface area contributed by atoms with Gasteiger partial charge in [-0.1, -0.05) is 33.1 Å². The maximum Gasteiger partial charge on any atom is 0.0695 e. The fraction of sp³-hybridized carbons (Fsp3) is 1.00. The fourth-order valence-corrected chi connectivity index (χ4v) is 3.85. The van der Waals surface area contributed by atoms with Gasteiger partial charge in [0, 0.05) is 18.6 Å². The van der Waals surface area contributed by atoms with Crippen LogP contribution in [0.1, 0.15) is 59.3 Å². The summed E-state index contributed by atoms with van der Waals surface area (Å²) in [5, 5.41) is 10.3. The lowest BCUT2D eigenvalue weighted by atomic mass is 9.84. The van der Waals surface area contributed by atoms with E-state index in [1.54, 1.807) is 0 Å². The molecule has 0 bridgehead atoms. The predicted octanol–water partition coefficient (Wildman–Crippen LogP) is 3.05. The lowest BCUT2D eigenvalue weighted by Gasteiger charge is -2.46. The Bertz CT molecular complexity index is 243. The number of piperidine rings is 1. The second-order valence-corrected chi connectivity index (χ2v) is 6.53. The molecule has 1 aliphatic carbocycles. The maximum atomic E-state index is 10.3. The topological polar surface area (TPSA) is 23.5 Å². The molecule has 1 saturated carbocycles. The summed E-state index contributed by atoms with van der Waals surface area (Å²) in [5.74, 6) is 1.56. The third-order valence-electron chi connectivity index (χ3n) is 5.01. The molecule has 5 atom stereocenters. The molecule has 0 radical (unpaired) electrons. The van der Waals surface area contributed by atoms with Crippen LogP contribution in [0.3, 0.4) is 0 Å². The second kappa shape index (κ2) is 5.71. The minimum Gasteiger partial charge on any atom is -0.391 e. The number of aliphatic hydroxyl groups excluding tert-OH is 1.